The summed E-state index contributed by atoms with van der Waals surface area (Å²) in [7, 11) is 1.66. The van der Waals surface area contributed by atoms with Crippen LogP contribution in [0.3, 0.4) is 0 Å². The van der Waals surface area contributed by atoms with Gasteiger partial charge in [0, 0.05) is 23.0 Å². The molecule has 0 aliphatic carbocycles. The molecule has 2 heterocycles. The molecular weight excluding hydrogens is 372 g/mol. The molecule has 1 amide bonds. The molecule has 26 heavy (non-hydrogen) atoms. The Bertz CT molecular complexity index is 699. The third-order valence-corrected chi connectivity index (χ3v) is 5.68. The zero-order valence-corrected chi connectivity index (χ0v) is 16.4. The number of carbonyl (C=O) groups excluding carboxylic acids is 1. The van der Waals surface area contributed by atoms with E-state index in [1.165, 1.54) is 4.88 Å². The van der Waals surface area contributed by atoms with E-state index in [4.69, 9.17) is 15.2 Å². The van der Waals surface area contributed by atoms with E-state index in [1.54, 1.807) is 18.4 Å². The van der Waals surface area contributed by atoms with Gasteiger partial charge in [0.15, 0.2) is 0 Å². The molecule has 7 heteroatoms. The maximum Gasteiger partial charge on any atom is 0.237 e. The number of hydrogen-bond donors (Lipinski definition) is 2. The second-order valence-electron chi connectivity index (χ2n) is 6.19. The Morgan fingerprint density at radius 1 is 1.27 bits per heavy atom. The van der Waals surface area contributed by atoms with Gasteiger partial charge in [0.05, 0.1) is 19.7 Å². The highest BCUT2D eigenvalue weighted by molar-refractivity contribution is 7.15. The molecule has 1 unspecified atom stereocenters. The molecule has 0 spiro atoms. The SMILES string of the molecule is COc1ccc(-c2ccc(CNC(=O)C(N)C3CCOCC3)s2)cc1.Cl. The van der Waals surface area contributed by atoms with Gasteiger partial charge in [-0.25, -0.2) is 0 Å². The summed E-state index contributed by atoms with van der Waals surface area (Å²) >= 11 is 1.67. The van der Waals surface area contributed by atoms with E-state index in [1.807, 2.05) is 30.3 Å². The van der Waals surface area contributed by atoms with Crippen LogP contribution in [0.15, 0.2) is 36.4 Å². The minimum atomic E-state index is -0.454. The summed E-state index contributed by atoms with van der Waals surface area (Å²) in [5.41, 5.74) is 7.24. The summed E-state index contributed by atoms with van der Waals surface area (Å²) < 4.78 is 10.5. The summed E-state index contributed by atoms with van der Waals surface area (Å²) in [4.78, 5) is 14.6. The van der Waals surface area contributed by atoms with Gasteiger partial charge >= 0.3 is 0 Å². The molecule has 2 aromatic rings. The summed E-state index contributed by atoms with van der Waals surface area (Å²) in [5.74, 6) is 0.980. The van der Waals surface area contributed by atoms with Gasteiger partial charge in [-0.15, -0.1) is 23.7 Å². The Balaban J connectivity index is 0.00000243. The molecular formula is C19H25ClN2O3S. The van der Waals surface area contributed by atoms with Crippen LogP contribution in [0.4, 0.5) is 0 Å². The average molecular weight is 397 g/mol. The zero-order valence-electron chi connectivity index (χ0n) is 14.8. The third kappa shape index (κ3) is 5.20. The average Bonchev–Trinajstić information content (AvgIpc) is 3.15. The number of rotatable bonds is 6. The van der Waals surface area contributed by atoms with Crippen LogP contribution in [-0.2, 0) is 16.1 Å². The second kappa shape index (κ2) is 9.92. The summed E-state index contributed by atoms with van der Waals surface area (Å²) in [5, 5.41) is 2.96. The number of ether oxygens (including phenoxy) is 2. The summed E-state index contributed by atoms with van der Waals surface area (Å²) in [6.07, 6.45) is 1.71. The van der Waals surface area contributed by atoms with Crippen molar-refractivity contribution in [3.63, 3.8) is 0 Å². The van der Waals surface area contributed by atoms with Crippen LogP contribution >= 0.6 is 23.7 Å². The first-order chi connectivity index (χ1) is 12.2. The number of hydrogen-bond acceptors (Lipinski definition) is 5. The molecule has 142 valence electrons. The smallest absolute Gasteiger partial charge is 0.237 e. The van der Waals surface area contributed by atoms with Gasteiger partial charge in [-0.3, -0.25) is 4.79 Å². The molecule has 0 saturated carbocycles. The molecule has 3 N–H and O–H groups in total. The molecule has 1 saturated heterocycles. The van der Waals surface area contributed by atoms with Crippen molar-refractivity contribution in [2.24, 2.45) is 11.7 Å². The summed E-state index contributed by atoms with van der Waals surface area (Å²) in [6.45, 7) is 1.90. The fraction of sp³-hybridized carbons (Fsp3) is 0.421. The lowest BCUT2D eigenvalue weighted by molar-refractivity contribution is -0.124. The number of halogens is 1. The first kappa shape index (κ1) is 20.7. The maximum atomic E-state index is 12.3. The van der Waals surface area contributed by atoms with Crippen molar-refractivity contribution < 1.29 is 14.3 Å². The number of methoxy groups -OCH3 is 1. The first-order valence-corrected chi connectivity index (χ1v) is 9.33. The van der Waals surface area contributed by atoms with Crippen molar-refractivity contribution in [2.45, 2.75) is 25.4 Å². The number of benzene rings is 1. The minimum Gasteiger partial charge on any atom is -0.497 e. The monoisotopic (exact) mass is 396 g/mol. The van der Waals surface area contributed by atoms with Gasteiger partial charge in [0.25, 0.3) is 0 Å². The van der Waals surface area contributed by atoms with Crippen LogP contribution in [0, 0.1) is 5.92 Å². The second-order valence-corrected chi connectivity index (χ2v) is 7.36. The molecule has 1 fully saturated rings. The van der Waals surface area contributed by atoms with Crippen LogP contribution in [-0.4, -0.2) is 32.3 Å². The van der Waals surface area contributed by atoms with Gasteiger partial charge in [-0.05, 0) is 60.7 Å². The van der Waals surface area contributed by atoms with Crippen LogP contribution in [0.1, 0.15) is 17.7 Å². The number of carbonyl (C=O) groups is 1. The van der Waals surface area contributed by atoms with Gasteiger partial charge in [-0.1, -0.05) is 0 Å². The number of thiophene rings is 1. The Hall–Kier alpha value is -1.60. The predicted molar refractivity (Wildman–Crippen MR) is 107 cm³/mol. The van der Waals surface area contributed by atoms with Crippen LogP contribution in [0.5, 0.6) is 5.75 Å². The maximum absolute atomic E-state index is 12.3. The van der Waals surface area contributed by atoms with E-state index in [0.29, 0.717) is 19.8 Å². The molecule has 0 radical (unpaired) electrons. The van der Waals surface area contributed by atoms with Crippen molar-refractivity contribution in [3.8, 4) is 16.2 Å². The van der Waals surface area contributed by atoms with Crippen LogP contribution < -0.4 is 15.8 Å². The lowest BCUT2D eigenvalue weighted by Gasteiger charge is -2.26. The third-order valence-electron chi connectivity index (χ3n) is 4.55. The predicted octanol–water partition coefficient (Wildman–Crippen LogP) is 3.22. The quantitative estimate of drug-likeness (QED) is 0.786. The lowest BCUT2D eigenvalue weighted by atomic mass is 9.92. The molecule has 1 atom stereocenters. The lowest BCUT2D eigenvalue weighted by Crippen LogP contribution is -2.46. The molecule has 1 aromatic heterocycles. The Kier molecular flexibility index (Phi) is 7.90. The zero-order chi connectivity index (χ0) is 17.6. The van der Waals surface area contributed by atoms with Crippen molar-refractivity contribution in [1.82, 2.24) is 5.32 Å². The fourth-order valence-electron chi connectivity index (χ4n) is 2.96. The Morgan fingerprint density at radius 2 is 1.96 bits per heavy atom. The number of nitrogens with two attached hydrogens (primary N) is 1. The van der Waals surface area contributed by atoms with Crippen molar-refractivity contribution in [2.75, 3.05) is 20.3 Å². The highest BCUT2D eigenvalue weighted by Gasteiger charge is 2.26. The van der Waals surface area contributed by atoms with Crippen molar-refractivity contribution in [3.05, 3.63) is 41.3 Å². The molecule has 1 aliphatic heterocycles. The highest BCUT2D eigenvalue weighted by Crippen LogP contribution is 2.29. The van der Waals surface area contributed by atoms with E-state index >= 15 is 0 Å². The van der Waals surface area contributed by atoms with E-state index in [2.05, 4.69) is 11.4 Å². The Labute approximate surface area is 164 Å². The Morgan fingerprint density at radius 3 is 2.62 bits per heavy atom. The van der Waals surface area contributed by atoms with Crippen LogP contribution in [0.25, 0.3) is 10.4 Å². The van der Waals surface area contributed by atoms with Gasteiger partial charge in [0.2, 0.25) is 5.91 Å². The van der Waals surface area contributed by atoms with Gasteiger partial charge in [0.1, 0.15) is 5.75 Å². The molecule has 1 aromatic carbocycles. The topological polar surface area (TPSA) is 73.6 Å². The van der Waals surface area contributed by atoms with Crippen molar-refractivity contribution in [1.29, 1.82) is 0 Å². The van der Waals surface area contributed by atoms with E-state index in [-0.39, 0.29) is 24.2 Å². The minimum absolute atomic E-state index is 0. The van der Waals surface area contributed by atoms with Gasteiger partial charge < -0.3 is 20.5 Å². The number of nitrogens with one attached hydrogen (secondary N) is 1. The molecule has 3 rings (SSSR count). The molecule has 1 aliphatic rings. The van der Waals surface area contributed by atoms with Crippen molar-refractivity contribution >= 4 is 29.7 Å². The highest BCUT2D eigenvalue weighted by atomic mass is 35.5. The van der Waals surface area contributed by atoms with Gasteiger partial charge in [-0.2, -0.15) is 0 Å². The summed E-state index contributed by atoms with van der Waals surface area (Å²) in [6, 6.07) is 11.6. The van der Waals surface area contributed by atoms with E-state index in [9.17, 15) is 4.79 Å². The van der Waals surface area contributed by atoms with Crippen LogP contribution in [0.2, 0.25) is 0 Å². The standard InChI is InChI=1S/C19H24N2O3S.ClH/c1-23-15-4-2-13(3-5-15)17-7-6-16(25-17)12-21-19(22)18(20)14-8-10-24-11-9-14;/h2-7,14,18H,8-12,20H2,1H3,(H,21,22);1H. The van der Waals surface area contributed by atoms with E-state index < -0.39 is 6.04 Å². The fourth-order valence-corrected chi connectivity index (χ4v) is 3.92. The largest absolute Gasteiger partial charge is 0.497 e. The van der Waals surface area contributed by atoms with E-state index in [0.717, 1.165) is 29.0 Å². The molecule has 5 nitrogen and oxygen atoms in total. The molecule has 0 bridgehead atoms. The normalized spacial score (nSPS) is 15.8. The number of amides is 1. The first-order valence-electron chi connectivity index (χ1n) is 8.51.